The molecule has 1 saturated heterocycles. The standard InChI is InChI=1S/C17H35N/c1-4-5-6-7-8-9-10-12-17(15-16(2)3)13-11-14-18-17/h16,18H,4-15H2,1-3H3. The highest BCUT2D eigenvalue weighted by Crippen LogP contribution is 2.32. The summed E-state index contributed by atoms with van der Waals surface area (Å²) in [5.74, 6) is 0.833. The number of rotatable bonds is 10. The van der Waals surface area contributed by atoms with Crippen molar-refractivity contribution in [1.82, 2.24) is 5.32 Å². The van der Waals surface area contributed by atoms with E-state index in [1.54, 1.807) is 0 Å². The van der Waals surface area contributed by atoms with Crippen molar-refractivity contribution in [3.8, 4) is 0 Å². The van der Waals surface area contributed by atoms with E-state index >= 15 is 0 Å². The van der Waals surface area contributed by atoms with Crippen LogP contribution >= 0.6 is 0 Å². The molecule has 1 nitrogen and oxygen atoms in total. The van der Waals surface area contributed by atoms with Crippen LogP contribution in [0.5, 0.6) is 0 Å². The second-order valence-electron chi connectivity index (χ2n) is 6.78. The van der Waals surface area contributed by atoms with E-state index in [2.05, 4.69) is 26.1 Å². The fraction of sp³-hybridized carbons (Fsp3) is 1.00. The lowest BCUT2D eigenvalue weighted by Crippen LogP contribution is -2.40. The van der Waals surface area contributed by atoms with Gasteiger partial charge in [-0.05, 0) is 38.1 Å². The summed E-state index contributed by atoms with van der Waals surface area (Å²) in [7, 11) is 0. The van der Waals surface area contributed by atoms with E-state index in [4.69, 9.17) is 0 Å². The summed E-state index contributed by atoms with van der Waals surface area (Å²) in [4.78, 5) is 0. The van der Waals surface area contributed by atoms with Gasteiger partial charge in [-0.25, -0.2) is 0 Å². The van der Waals surface area contributed by atoms with Gasteiger partial charge < -0.3 is 5.32 Å². The van der Waals surface area contributed by atoms with Gasteiger partial charge in [-0.1, -0.05) is 65.7 Å². The predicted octanol–water partition coefficient (Wildman–Crippen LogP) is 5.30. The predicted molar refractivity (Wildman–Crippen MR) is 82.0 cm³/mol. The Hall–Kier alpha value is -0.0400. The summed E-state index contributed by atoms with van der Waals surface area (Å²) in [6.45, 7) is 8.28. The Morgan fingerprint density at radius 3 is 2.22 bits per heavy atom. The molecule has 1 rings (SSSR count). The average molecular weight is 253 g/mol. The quantitative estimate of drug-likeness (QED) is 0.521. The number of hydrogen-bond donors (Lipinski definition) is 1. The second-order valence-corrected chi connectivity index (χ2v) is 6.78. The largest absolute Gasteiger partial charge is 0.311 e. The van der Waals surface area contributed by atoms with Gasteiger partial charge in [0.2, 0.25) is 0 Å². The molecule has 1 aliphatic rings. The summed E-state index contributed by atoms with van der Waals surface area (Å²) < 4.78 is 0. The van der Waals surface area contributed by atoms with Crippen LogP contribution < -0.4 is 5.32 Å². The van der Waals surface area contributed by atoms with Crippen LogP contribution in [0.1, 0.15) is 91.4 Å². The van der Waals surface area contributed by atoms with Crippen molar-refractivity contribution >= 4 is 0 Å². The topological polar surface area (TPSA) is 12.0 Å². The first-order valence-corrected chi connectivity index (χ1v) is 8.43. The molecule has 0 aromatic rings. The van der Waals surface area contributed by atoms with Crippen LogP contribution in [0.25, 0.3) is 0 Å². The SMILES string of the molecule is CCCCCCCCCC1(CC(C)C)CCCN1. The van der Waals surface area contributed by atoms with Gasteiger partial charge in [0.25, 0.3) is 0 Å². The minimum Gasteiger partial charge on any atom is -0.311 e. The maximum Gasteiger partial charge on any atom is 0.0184 e. The Bertz CT molecular complexity index is 192. The molecule has 0 spiro atoms. The van der Waals surface area contributed by atoms with E-state index in [1.165, 1.54) is 77.2 Å². The van der Waals surface area contributed by atoms with Crippen LogP contribution in [0.15, 0.2) is 0 Å². The van der Waals surface area contributed by atoms with Gasteiger partial charge in [0.15, 0.2) is 0 Å². The normalized spacial score (nSPS) is 24.0. The van der Waals surface area contributed by atoms with Gasteiger partial charge in [0.1, 0.15) is 0 Å². The van der Waals surface area contributed by atoms with Crippen molar-refractivity contribution < 1.29 is 0 Å². The smallest absolute Gasteiger partial charge is 0.0184 e. The number of hydrogen-bond acceptors (Lipinski definition) is 1. The molecule has 0 radical (unpaired) electrons. The van der Waals surface area contributed by atoms with Crippen LogP contribution in [-0.2, 0) is 0 Å². The Balaban J connectivity index is 2.11. The molecule has 1 unspecified atom stereocenters. The zero-order valence-corrected chi connectivity index (χ0v) is 13.1. The average Bonchev–Trinajstić information content (AvgIpc) is 2.76. The molecule has 0 bridgehead atoms. The van der Waals surface area contributed by atoms with E-state index in [-0.39, 0.29) is 0 Å². The first-order valence-electron chi connectivity index (χ1n) is 8.43. The second kappa shape index (κ2) is 8.96. The minimum atomic E-state index is 0.511. The van der Waals surface area contributed by atoms with Gasteiger partial charge in [-0.2, -0.15) is 0 Å². The zero-order chi connectivity index (χ0) is 13.3. The molecule has 1 atom stereocenters. The van der Waals surface area contributed by atoms with Gasteiger partial charge in [0, 0.05) is 5.54 Å². The molecule has 1 aliphatic heterocycles. The van der Waals surface area contributed by atoms with Crippen molar-refractivity contribution in [1.29, 1.82) is 0 Å². The van der Waals surface area contributed by atoms with Crippen molar-refractivity contribution in [3.63, 3.8) is 0 Å². The van der Waals surface area contributed by atoms with E-state index in [0.29, 0.717) is 5.54 Å². The summed E-state index contributed by atoms with van der Waals surface area (Å²) in [6, 6.07) is 0. The first-order chi connectivity index (χ1) is 8.68. The maximum absolute atomic E-state index is 3.81. The van der Waals surface area contributed by atoms with Crippen molar-refractivity contribution in [3.05, 3.63) is 0 Å². The molecule has 0 aromatic heterocycles. The Labute approximate surface area is 115 Å². The van der Waals surface area contributed by atoms with Gasteiger partial charge in [0.05, 0.1) is 0 Å². The third kappa shape index (κ3) is 6.22. The Morgan fingerprint density at radius 2 is 1.67 bits per heavy atom. The molecule has 0 saturated carbocycles. The first kappa shape index (κ1) is 16.0. The van der Waals surface area contributed by atoms with Gasteiger partial charge in [-0.15, -0.1) is 0 Å². The monoisotopic (exact) mass is 253 g/mol. The van der Waals surface area contributed by atoms with Crippen LogP contribution in [0.4, 0.5) is 0 Å². The fourth-order valence-electron chi connectivity index (χ4n) is 3.56. The lowest BCUT2D eigenvalue weighted by atomic mass is 9.83. The summed E-state index contributed by atoms with van der Waals surface area (Å²) in [6.07, 6.45) is 15.6. The summed E-state index contributed by atoms with van der Waals surface area (Å²) >= 11 is 0. The van der Waals surface area contributed by atoms with Crippen molar-refractivity contribution in [2.75, 3.05) is 6.54 Å². The molecule has 1 fully saturated rings. The highest BCUT2D eigenvalue weighted by molar-refractivity contribution is 4.93. The minimum absolute atomic E-state index is 0.511. The van der Waals surface area contributed by atoms with E-state index in [9.17, 15) is 0 Å². The van der Waals surface area contributed by atoms with Crippen LogP contribution in [0.2, 0.25) is 0 Å². The molecule has 0 aromatic carbocycles. The fourth-order valence-corrected chi connectivity index (χ4v) is 3.56. The van der Waals surface area contributed by atoms with E-state index < -0.39 is 0 Å². The highest BCUT2D eigenvalue weighted by Gasteiger charge is 2.32. The molecule has 1 heterocycles. The molecular formula is C17H35N. The Morgan fingerprint density at radius 1 is 1.00 bits per heavy atom. The van der Waals surface area contributed by atoms with Crippen LogP contribution in [-0.4, -0.2) is 12.1 Å². The number of unbranched alkanes of at least 4 members (excludes halogenated alkanes) is 6. The van der Waals surface area contributed by atoms with Crippen LogP contribution in [0, 0.1) is 5.92 Å². The van der Waals surface area contributed by atoms with Crippen LogP contribution in [0.3, 0.4) is 0 Å². The maximum atomic E-state index is 3.81. The zero-order valence-electron chi connectivity index (χ0n) is 13.1. The van der Waals surface area contributed by atoms with E-state index in [1.807, 2.05) is 0 Å². The summed E-state index contributed by atoms with van der Waals surface area (Å²) in [5.41, 5.74) is 0.511. The molecule has 0 aliphatic carbocycles. The Kier molecular flexibility index (Phi) is 7.97. The molecule has 1 N–H and O–H groups in total. The molecule has 0 amide bonds. The van der Waals surface area contributed by atoms with Gasteiger partial charge in [-0.3, -0.25) is 0 Å². The van der Waals surface area contributed by atoms with Crippen molar-refractivity contribution in [2.24, 2.45) is 5.92 Å². The molecule has 18 heavy (non-hydrogen) atoms. The van der Waals surface area contributed by atoms with E-state index in [0.717, 1.165) is 5.92 Å². The molecule has 108 valence electrons. The lowest BCUT2D eigenvalue weighted by Gasteiger charge is -2.31. The third-order valence-electron chi connectivity index (χ3n) is 4.39. The lowest BCUT2D eigenvalue weighted by molar-refractivity contribution is 0.274. The summed E-state index contributed by atoms with van der Waals surface area (Å²) in [5, 5.41) is 3.81. The van der Waals surface area contributed by atoms with Gasteiger partial charge >= 0.3 is 0 Å². The highest BCUT2D eigenvalue weighted by atomic mass is 15.0. The molecule has 1 heteroatoms. The third-order valence-corrected chi connectivity index (χ3v) is 4.39. The number of nitrogens with one attached hydrogen (secondary N) is 1. The van der Waals surface area contributed by atoms with Crippen molar-refractivity contribution in [2.45, 2.75) is 96.9 Å². The molecular weight excluding hydrogens is 218 g/mol.